The van der Waals surface area contributed by atoms with Gasteiger partial charge in [-0.3, -0.25) is 0 Å². The Labute approximate surface area is 384 Å². The number of fused-ring (bicyclic) bond motifs is 20. The second-order valence-corrected chi connectivity index (χ2v) is 21.6. The van der Waals surface area contributed by atoms with Crippen molar-refractivity contribution in [3.8, 4) is 22.3 Å². The molecule has 0 bridgehead atoms. The van der Waals surface area contributed by atoms with Crippen molar-refractivity contribution < 1.29 is 0 Å². The zero-order valence-corrected chi connectivity index (χ0v) is 37.9. The SMILES string of the molecule is CC1(C)CCC(C)(C)c2cc(N3B4c5cccc6c5N(c5ccccc5C65c6ccccc6-c6ccccc65)c5cc6ccccc6c(c54)-c4c3ccc3c4sc4ccccc43)ccc21. The molecule has 0 amide bonds. The van der Waals surface area contributed by atoms with Crippen LogP contribution in [0, 0.1) is 0 Å². The van der Waals surface area contributed by atoms with Gasteiger partial charge in [0.2, 0.25) is 0 Å². The molecule has 2 aliphatic carbocycles. The Bertz CT molecular complexity index is 3730. The van der Waals surface area contributed by atoms with Crippen molar-refractivity contribution in [1.29, 1.82) is 0 Å². The minimum Gasteiger partial charge on any atom is -0.376 e. The van der Waals surface area contributed by atoms with Gasteiger partial charge in [0.1, 0.15) is 0 Å². The lowest BCUT2D eigenvalue weighted by atomic mass is 9.42. The Morgan fingerprint density at radius 1 is 0.477 bits per heavy atom. The molecular formula is C61H45BN2S. The van der Waals surface area contributed by atoms with Gasteiger partial charge < -0.3 is 9.71 Å². The van der Waals surface area contributed by atoms with E-state index in [9.17, 15) is 0 Å². The van der Waals surface area contributed by atoms with Gasteiger partial charge >= 0.3 is 6.85 Å². The molecule has 0 atom stereocenters. The first kappa shape index (κ1) is 36.5. The van der Waals surface area contributed by atoms with E-state index < -0.39 is 5.41 Å². The van der Waals surface area contributed by atoms with Gasteiger partial charge in [-0.15, -0.1) is 11.3 Å². The molecule has 3 aliphatic heterocycles. The van der Waals surface area contributed by atoms with Crippen molar-refractivity contribution in [2.45, 2.75) is 56.8 Å². The Morgan fingerprint density at radius 3 is 1.94 bits per heavy atom. The highest BCUT2D eigenvalue weighted by Gasteiger charge is 2.56. The summed E-state index contributed by atoms with van der Waals surface area (Å²) in [6.07, 6.45) is 2.36. The van der Waals surface area contributed by atoms with Gasteiger partial charge in [0, 0.05) is 48.5 Å². The number of benzene rings is 9. The van der Waals surface area contributed by atoms with E-state index in [-0.39, 0.29) is 17.7 Å². The van der Waals surface area contributed by atoms with E-state index in [0.717, 1.165) is 0 Å². The molecule has 0 saturated heterocycles. The summed E-state index contributed by atoms with van der Waals surface area (Å²) in [4.78, 5) is 5.46. The number of para-hydroxylation sites is 2. The highest BCUT2D eigenvalue weighted by Crippen LogP contribution is 2.64. The quantitative estimate of drug-likeness (QED) is 0.152. The van der Waals surface area contributed by atoms with E-state index in [0.29, 0.717) is 0 Å². The fraction of sp³-hybridized carbons (Fsp3) is 0.148. The number of hydrogen-bond donors (Lipinski definition) is 0. The Hall–Kier alpha value is -6.88. The predicted molar refractivity (Wildman–Crippen MR) is 277 cm³/mol. The highest BCUT2D eigenvalue weighted by atomic mass is 32.1. The molecule has 0 unspecified atom stereocenters. The van der Waals surface area contributed by atoms with Crippen LogP contribution in [0.5, 0.6) is 0 Å². The molecule has 1 spiro atoms. The third-order valence-electron chi connectivity index (χ3n) is 16.5. The number of hydrogen-bond acceptors (Lipinski definition) is 3. The molecule has 0 saturated carbocycles. The van der Waals surface area contributed by atoms with E-state index in [4.69, 9.17) is 0 Å². The fourth-order valence-electron chi connectivity index (χ4n) is 13.5. The molecule has 4 heterocycles. The van der Waals surface area contributed by atoms with E-state index in [1.165, 1.54) is 139 Å². The van der Waals surface area contributed by atoms with E-state index in [2.05, 4.69) is 213 Å². The van der Waals surface area contributed by atoms with Gasteiger partial charge in [0.25, 0.3) is 0 Å². The largest absolute Gasteiger partial charge is 0.376 e. The van der Waals surface area contributed by atoms with Crippen LogP contribution in [0.15, 0.2) is 176 Å². The Morgan fingerprint density at radius 2 is 1.14 bits per heavy atom. The molecule has 0 fully saturated rings. The average Bonchev–Trinajstić information content (AvgIpc) is 3.86. The predicted octanol–water partition coefficient (Wildman–Crippen LogP) is 14.9. The van der Waals surface area contributed by atoms with Gasteiger partial charge in [-0.25, -0.2) is 0 Å². The number of rotatable bonds is 1. The third kappa shape index (κ3) is 4.38. The molecule has 308 valence electrons. The third-order valence-corrected chi connectivity index (χ3v) is 17.7. The van der Waals surface area contributed by atoms with Gasteiger partial charge in [-0.2, -0.15) is 0 Å². The molecule has 1 aromatic heterocycles. The maximum Gasteiger partial charge on any atom is 0.333 e. The van der Waals surface area contributed by atoms with Crippen molar-refractivity contribution in [2.24, 2.45) is 0 Å². The first-order chi connectivity index (χ1) is 31.8. The molecule has 0 N–H and O–H groups in total. The lowest BCUT2D eigenvalue weighted by molar-refractivity contribution is 0.332. The standard InChI is InChI=1S/C61H45BN2S/c1-59(2)32-33-60(3,4)48-35-37(28-30-45(48)59)64-51-31-29-42-41-20-9-14-27-53(41)65-58(42)55(51)54-38-17-6-5-16-36(38)34-52-56(54)62(64)49-25-15-24-47-57(49)63(52)50-26-13-12-23-46(50)61(47)43-21-10-7-18-39(43)40-19-8-11-22-44(40)61/h5-31,34-35H,32-33H2,1-4H3. The van der Waals surface area contributed by atoms with Crippen molar-refractivity contribution in [3.05, 3.63) is 209 Å². The fourth-order valence-corrected chi connectivity index (χ4v) is 14.8. The van der Waals surface area contributed by atoms with Crippen LogP contribution in [0.25, 0.3) is 53.2 Å². The second kappa shape index (κ2) is 12.3. The molecule has 9 aromatic carbocycles. The molecule has 10 aromatic rings. The zero-order chi connectivity index (χ0) is 43.1. The first-order valence-electron chi connectivity index (χ1n) is 23.4. The minimum atomic E-state index is -0.495. The summed E-state index contributed by atoms with van der Waals surface area (Å²) < 4.78 is 2.70. The number of nitrogens with zero attached hydrogens (tertiary/aromatic N) is 2. The number of anilines is 5. The van der Waals surface area contributed by atoms with Crippen LogP contribution in [0.3, 0.4) is 0 Å². The van der Waals surface area contributed by atoms with Crippen LogP contribution in [-0.4, -0.2) is 6.85 Å². The maximum atomic E-state index is 2.77. The van der Waals surface area contributed by atoms with Gasteiger partial charge in [0.15, 0.2) is 0 Å². The summed E-state index contributed by atoms with van der Waals surface area (Å²) in [5.41, 5.74) is 22.6. The van der Waals surface area contributed by atoms with Crippen LogP contribution in [-0.2, 0) is 16.2 Å². The van der Waals surface area contributed by atoms with Gasteiger partial charge in [0.05, 0.1) is 11.1 Å². The van der Waals surface area contributed by atoms with Gasteiger partial charge in [-0.05, 0) is 132 Å². The van der Waals surface area contributed by atoms with Crippen molar-refractivity contribution in [2.75, 3.05) is 9.71 Å². The molecule has 15 rings (SSSR count). The molecule has 0 radical (unpaired) electrons. The summed E-state index contributed by atoms with van der Waals surface area (Å²) >= 11 is 1.95. The van der Waals surface area contributed by atoms with Crippen LogP contribution in [0.2, 0.25) is 0 Å². The maximum absolute atomic E-state index is 2.77. The zero-order valence-electron chi connectivity index (χ0n) is 37.0. The van der Waals surface area contributed by atoms with Crippen molar-refractivity contribution >= 4 is 88.5 Å². The molecule has 2 nitrogen and oxygen atoms in total. The molecule has 5 aliphatic rings. The Balaban J connectivity index is 1.12. The monoisotopic (exact) mass is 848 g/mol. The summed E-state index contributed by atoms with van der Waals surface area (Å²) in [7, 11) is 0. The van der Waals surface area contributed by atoms with Crippen molar-refractivity contribution in [1.82, 2.24) is 0 Å². The van der Waals surface area contributed by atoms with E-state index in [1.54, 1.807) is 0 Å². The van der Waals surface area contributed by atoms with Crippen molar-refractivity contribution in [3.63, 3.8) is 0 Å². The van der Waals surface area contributed by atoms with Crippen LogP contribution in [0.1, 0.15) is 73.9 Å². The summed E-state index contributed by atoms with van der Waals surface area (Å²) in [6, 6.07) is 68.2. The lowest BCUT2D eigenvalue weighted by Crippen LogP contribution is -2.62. The molecule has 65 heavy (non-hydrogen) atoms. The van der Waals surface area contributed by atoms with Gasteiger partial charge in [-0.1, -0.05) is 167 Å². The lowest BCUT2D eigenvalue weighted by Gasteiger charge is -2.52. The molecular weight excluding hydrogens is 804 g/mol. The average molecular weight is 849 g/mol. The summed E-state index contributed by atoms with van der Waals surface area (Å²) in [6.45, 7) is 9.73. The summed E-state index contributed by atoms with van der Waals surface area (Å²) in [5, 5.41) is 5.25. The van der Waals surface area contributed by atoms with E-state index in [1.807, 2.05) is 11.3 Å². The smallest absolute Gasteiger partial charge is 0.333 e. The topological polar surface area (TPSA) is 6.48 Å². The minimum absolute atomic E-state index is 0.0583. The second-order valence-electron chi connectivity index (χ2n) is 20.5. The highest BCUT2D eigenvalue weighted by molar-refractivity contribution is 7.26. The van der Waals surface area contributed by atoms with E-state index >= 15 is 0 Å². The first-order valence-corrected chi connectivity index (χ1v) is 24.2. The number of thiophene rings is 1. The van der Waals surface area contributed by atoms with Crippen LogP contribution in [0.4, 0.5) is 28.4 Å². The van der Waals surface area contributed by atoms with Crippen LogP contribution < -0.4 is 20.6 Å². The molecule has 4 heteroatoms. The Kier molecular flexibility index (Phi) is 6.88. The summed E-state index contributed by atoms with van der Waals surface area (Å²) in [5.74, 6) is 0. The normalized spacial score (nSPS) is 17.1. The van der Waals surface area contributed by atoms with Crippen LogP contribution >= 0.6 is 11.3 Å².